The minimum absolute atomic E-state index is 0.277. The topological polar surface area (TPSA) is 83.5 Å². The summed E-state index contributed by atoms with van der Waals surface area (Å²) in [4.78, 5) is 23.4. The summed E-state index contributed by atoms with van der Waals surface area (Å²) in [6, 6.07) is 7.09. The van der Waals surface area contributed by atoms with Gasteiger partial charge in [-0.3, -0.25) is 9.80 Å². The molecule has 0 spiro atoms. The van der Waals surface area contributed by atoms with Gasteiger partial charge in [0.15, 0.2) is 0 Å². The van der Waals surface area contributed by atoms with Crippen LogP contribution in [0.1, 0.15) is 5.56 Å². The van der Waals surface area contributed by atoms with E-state index in [2.05, 4.69) is 25.9 Å². The number of halogens is 1. The van der Waals surface area contributed by atoms with E-state index < -0.39 is 9.84 Å². The fourth-order valence-corrected chi connectivity index (χ4v) is 3.20. The Morgan fingerprint density at radius 1 is 1.30 bits per heavy atom. The van der Waals surface area contributed by atoms with Crippen LogP contribution in [0.2, 0.25) is 0 Å². The highest BCUT2D eigenvalue weighted by atomic mass is 79.9. The van der Waals surface area contributed by atoms with Gasteiger partial charge in [-0.2, -0.15) is 0 Å². The molecule has 23 heavy (non-hydrogen) atoms. The molecule has 0 atom stereocenters. The van der Waals surface area contributed by atoms with Gasteiger partial charge >= 0.3 is 6.03 Å². The summed E-state index contributed by atoms with van der Waals surface area (Å²) in [5.41, 5.74) is 1.41. The monoisotopic (exact) mass is 396 g/mol. The Bertz CT molecular complexity index is 901. The Kier molecular flexibility index (Phi) is 3.85. The van der Waals surface area contributed by atoms with E-state index >= 15 is 0 Å². The SMILES string of the molecule is CN1C(=O)N(c2cccc(Br)c2)Cc2cnc(S(C)(=O)=O)nc21. The molecular formula is C14H13BrN4O3S. The van der Waals surface area contributed by atoms with Crippen molar-refractivity contribution in [1.29, 1.82) is 0 Å². The fraction of sp³-hybridized carbons (Fsp3) is 0.214. The third kappa shape index (κ3) is 2.93. The fourth-order valence-electron chi connectivity index (χ4n) is 2.32. The number of hydrogen-bond acceptors (Lipinski definition) is 5. The molecule has 2 aromatic rings. The largest absolute Gasteiger partial charge is 0.330 e. The van der Waals surface area contributed by atoms with Crippen molar-refractivity contribution in [3.63, 3.8) is 0 Å². The van der Waals surface area contributed by atoms with Gasteiger partial charge in [-0.1, -0.05) is 22.0 Å². The first-order valence-corrected chi connectivity index (χ1v) is 9.32. The van der Waals surface area contributed by atoms with Crippen LogP contribution in [-0.4, -0.2) is 37.7 Å². The van der Waals surface area contributed by atoms with E-state index in [0.717, 1.165) is 16.4 Å². The highest BCUT2D eigenvalue weighted by molar-refractivity contribution is 9.10. The molecule has 1 aromatic heterocycles. The predicted molar refractivity (Wildman–Crippen MR) is 89.3 cm³/mol. The van der Waals surface area contributed by atoms with Crippen LogP contribution in [-0.2, 0) is 16.4 Å². The quantitative estimate of drug-likeness (QED) is 0.726. The molecule has 0 radical (unpaired) electrons. The van der Waals surface area contributed by atoms with Crippen molar-refractivity contribution in [1.82, 2.24) is 9.97 Å². The molecule has 0 unspecified atom stereocenters. The lowest BCUT2D eigenvalue weighted by Crippen LogP contribution is -2.46. The molecule has 0 saturated carbocycles. The number of fused-ring (bicyclic) bond motifs is 1. The number of amides is 2. The molecule has 0 fully saturated rings. The van der Waals surface area contributed by atoms with Gasteiger partial charge in [-0.05, 0) is 18.2 Å². The van der Waals surface area contributed by atoms with Crippen LogP contribution in [0.5, 0.6) is 0 Å². The third-order valence-corrected chi connectivity index (χ3v) is 4.79. The maximum atomic E-state index is 12.6. The standard InChI is InChI=1S/C14H13BrN4O3S/c1-18-12-9(7-16-13(17-12)23(2,21)22)8-19(14(18)20)11-5-3-4-10(15)6-11/h3-7H,8H2,1-2H3. The van der Waals surface area contributed by atoms with Crippen molar-refractivity contribution in [2.24, 2.45) is 0 Å². The summed E-state index contributed by atoms with van der Waals surface area (Å²) in [6.45, 7) is 0.277. The Hall–Kier alpha value is -2.00. The first-order valence-electron chi connectivity index (χ1n) is 6.64. The number of hydrogen-bond donors (Lipinski definition) is 0. The van der Waals surface area contributed by atoms with Crippen LogP contribution in [0, 0.1) is 0 Å². The van der Waals surface area contributed by atoms with Crippen molar-refractivity contribution in [3.05, 3.63) is 40.5 Å². The molecule has 0 aliphatic carbocycles. The van der Waals surface area contributed by atoms with Crippen LogP contribution in [0.4, 0.5) is 16.3 Å². The van der Waals surface area contributed by atoms with E-state index in [4.69, 9.17) is 0 Å². The maximum Gasteiger partial charge on any atom is 0.330 e. The number of rotatable bonds is 2. The van der Waals surface area contributed by atoms with Crippen LogP contribution in [0.3, 0.4) is 0 Å². The lowest BCUT2D eigenvalue weighted by molar-refractivity contribution is 0.251. The molecule has 9 heteroatoms. The second kappa shape index (κ2) is 5.57. The number of aromatic nitrogens is 2. The number of nitrogens with zero attached hydrogens (tertiary/aromatic N) is 4. The molecule has 1 aliphatic rings. The normalized spacial score (nSPS) is 14.8. The van der Waals surface area contributed by atoms with E-state index in [1.165, 1.54) is 11.1 Å². The Balaban J connectivity index is 2.05. The molecule has 0 N–H and O–H groups in total. The lowest BCUT2D eigenvalue weighted by Gasteiger charge is -2.34. The van der Waals surface area contributed by atoms with Gasteiger partial charge in [0.05, 0.1) is 6.54 Å². The zero-order valence-electron chi connectivity index (χ0n) is 12.4. The molecule has 1 aromatic carbocycles. The van der Waals surface area contributed by atoms with Crippen LogP contribution in [0.25, 0.3) is 0 Å². The molecule has 2 heterocycles. The predicted octanol–water partition coefficient (Wildman–Crippen LogP) is 2.22. The Labute approximate surface area is 142 Å². The van der Waals surface area contributed by atoms with Crippen molar-refractivity contribution < 1.29 is 13.2 Å². The lowest BCUT2D eigenvalue weighted by atomic mass is 10.2. The summed E-state index contributed by atoms with van der Waals surface area (Å²) >= 11 is 3.38. The van der Waals surface area contributed by atoms with Crippen molar-refractivity contribution in [3.8, 4) is 0 Å². The molecule has 120 valence electrons. The second-order valence-electron chi connectivity index (χ2n) is 5.18. The van der Waals surface area contributed by atoms with Gasteiger partial charge < -0.3 is 0 Å². The maximum absolute atomic E-state index is 12.6. The van der Waals surface area contributed by atoms with E-state index in [9.17, 15) is 13.2 Å². The number of urea groups is 1. The molecule has 1 aliphatic heterocycles. The van der Waals surface area contributed by atoms with Gasteiger partial charge in [0, 0.05) is 35.2 Å². The Morgan fingerprint density at radius 3 is 2.70 bits per heavy atom. The Morgan fingerprint density at radius 2 is 2.04 bits per heavy atom. The number of anilines is 2. The molecule has 7 nitrogen and oxygen atoms in total. The van der Waals surface area contributed by atoms with E-state index in [0.29, 0.717) is 11.4 Å². The summed E-state index contributed by atoms with van der Waals surface area (Å²) in [7, 11) is -1.97. The number of sulfone groups is 1. The summed E-state index contributed by atoms with van der Waals surface area (Å²) in [5.74, 6) is 0.316. The highest BCUT2D eigenvalue weighted by Gasteiger charge is 2.31. The zero-order chi connectivity index (χ0) is 16.8. The molecule has 3 rings (SSSR count). The molecular weight excluding hydrogens is 384 g/mol. The minimum atomic E-state index is -3.53. The average molecular weight is 397 g/mol. The number of carbonyl (C=O) groups excluding carboxylic acids is 1. The summed E-state index contributed by atoms with van der Waals surface area (Å²) in [5, 5.41) is -0.285. The molecule has 0 saturated heterocycles. The second-order valence-corrected chi connectivity index (χ2v) is 8.01. The number of benzene rings is 1. The van der Waals surface area contributed by atoms with Crippen molar-refractivity contribution in [2.75, 3.05) is 23.1 Å². The minimum Gasteiger partial charge on any atom is -0.289 e. The van der Waals surface area contributed by atoms with Gasteiger partial charge in [0.1, 0.15) is 5.82 Å². The average Bonchev–Trinajstić information content (AvgIpc) is 2.49. The zero-order valence-corrected chi connectivity index (χ0v) is 14.8. The van der Waals surface area contributed by atoms with Crippen LogP contribution in [0.15, 0.2) is 40.1 Å². The van der Waals surface area contributed by atoms with E-state index in [1.807, 2.05) is 24.3 Å². The third-order valence-electron chi connectivity index (χ3n) is 3.44. The summed E-state index contributed by atoms with van der Waals surface area (Å²) in [6.07, 6.45) is 2.49. The highest BCUT2D eigenvalue weighted by Crippen LogP contribution is 2.30. The first kappa shape index (κ1) is 15.9. The van der Waals surface area contributed by atoms with Crippen LogP contribution < -0.4 is 9.80 Å². The smallest absolute Gasteiger partial charge is 0.289 e. The molecule has 0 bridgehead atoms. The van der Waals surface area contributed by atoms with Gasteiger partial charge in [0.2, 0.25) is 15.0 Å². The summed E-state index contributed by atoms with van der Waals surface area (Å²) < 4.78 is 24.0. The van der Waals surface area contributed by atoms with Crippen LogP contribution >= 0.6 is 15.9 Å². The van der Waals surface area contributed by atoms with Crippen molar-refractivity contribution >= 4 is 43.3 Å². The van der Waals surface area contributed by atoms with E-state index in [-0.39, 0.29) is 17.7 Å². The van der Waals surface area contributed by atoms with Crippen molar-refractivity contribution in [2.45, 2.75) is 11.7 Å². The number of carbonyl (C=O) groups is 1. The first-order chi connectivity index (χ1) is 10.8. The van der Waals surface area contributed by atoms with Gasteiger partial charge in [0.25, 0.3) is 0 Å². The van der Waals surface area contributed by atoms with Gasteiger partial charge in [-0.25, -0.2) is 23.2 Å². The van der Waals surface area contributed by atoms with E-state index in [1.54, 1.807) is 11.9 Å². The van der Waals surface area contributed by atoms with Gasteiger partial charge in [-0.15, -0.1) is 0 Å². The molecule has 2 amide bonds.